The molecule has 1 aliphatic heterocycles. The second-order valence-electron chi connectivity index (χ2n) is 3.97. The minimum absolute atomic E-state index is 0.0611. The Balaban J connectivity index is 2.04. The van der Waals surface area contributed by atoms with Gasteiger partial charge in [0.1, 0.15) is 0 Å². The molecule has 2 N–H and O–H groups in total. The highest BCUT2D eigenvalue weighted by Crippen LogP contribution is 2.10. The lowest BCUT2D eigenvalue weighted by Gasteiger charge is -2.11. The van der Waals surface area contributed by atoms with E-state index in [4.69, 9.17) is 4.74 Å². The van der Waals surface area contributed by atoms with Gasteiger partial charge in [0.05, 0.1) is 12.6 Å². The van der Waals surface area contributed by atoms with E-state index in [-0.39, 0.29) is 24.5 Å². The van der Waals surface area contributed by atoms with Crippen LogP contribution in [0.15, 0.2) is 0 Å². The smallest absolute Gasteiger partial charge is 0.239 e. The first-order valence-electron chi connectivity index (χ1n) is 5.87. The zero-order valence-corrected chi connectivity index (χ0v) is 9.75. The number of ether oxygens (including phenoxy) is 1. The monoisotopic (exact) mass is 228 g/mol. The Hall–Kier alpha value is -1.10. The Bertz CT molecular complexity index is 237. The molecule has 0 saturated carbocycles. The number of hydrogen-bond donors (Lipinski definition) is 2. The molecule has 5 heteroatoms. The van der Waals surface area contributed by atoms with Crippen LogP contribution in [-0.4, -0.2) is 37.6 Å². The number of rotatable bonds is 6. The molecule has 5 nitrogen and oxygen atoms in total. The summed E-state index contributed by atoms with van der Waals surface area (Å²) in [5, 5.41) is 5.31. The quantitative estimate of drug-likeness (QED) is 0.682. The maximum Gasteiger partial charge on any atom is 0.239 e. The summed E-state index contributed by atoms with van der Waals surface area (Å²) in [6.45, 7) is 3.32. The molecule has 1 unspecified atom stereocenters. The predicted octanol–water partition coefficient (Wildman–Crippen LogP) is 0.198. The van der Waals surface area contributed by atoms with Gasteiger partial charge >= 0.3 is 0 Å². The van der Waals surface area contributed by atoms with Crippen molar-refractivity contribution < 1.29 is 14.3 Å². The molecule has 0 aliphatic carbocycles. The van der Waals surface area contributed by atoms with E-state index in [2.05, 4.69) is 10.6 Å². The van der Waals surface area contributed by atoms with Gasteiger partial charge in [-0.2, -0.15) is 0 Å². The van der Waals surface area contributed by atoms with Gasteiger partial charge in [-0.25, -0.2) is 0 Å². The lowest BCUT2D eigenvalue weighted by Crippen LogP contribution is -2.39. The maximum absolute atomic E-state index is 11.3. The van der Waals surface area contributed by atoms with Crippen molar-refractivity contribution in [3.63, 3.8) is 0 Å². The molecular weight excluding hydrogens is 208 g/mol. The first-order chi connectivity index (χ1) is 7.72. The van der Waals surface area contributed by atoms with Crippen LogP contribution in [0.1, 0.15) is 32.6 Å². The lowest BCUT2D eigenvalue weighted by atomic mass is 10.2. The van der Waals surface area contributed by atoms with Gasteiger partial charge in [0.25, 0.3) is 0 Å². The summed E-state index contributed by atoms with van der Waals surface area (Å²) in [4.78, 5) is 22.4. The van der Waals surface area contributed by atoms with E-state index in [0.717, 1.165) is 25.9 Å². The third-order valence-electron chi connectivity index (χ3n) is 2.47. The van der Waals surface area contributed by atoms with E-state index in [1.165, 1.54) is 0 Å². The second-order valence-corrected chi connectivity index (χ2v) is 3.97. The molecule has 1 aliphatic rings. The van der Waals surface area contributed by atoms with Crippen molar-refractivity contribution in [1.29, 1.82) is 0 Å². The zero-order chi connectivity index (χ0) is 11.8. The molecule has 2 amide bonds. The Labute approximate surface area is 95.9 Å². The zero-order valence-electron chi connectivity index (χ0n) is 9.75. The molecule has 1 fully saturated rings. The summed E-state index contributed by atoms with van der Waals surface area (Å²) >= 11 is 0. The van der Waals surface area contributed by atoms with Crippen LogP contribution in [0, 0.1) is 0 Å². The standard InChI is InChI=1S/C11H20N2O3/c1-2-4-10(14)13-8-11(15)12-7-9-5-3-6-16-9/h9H,2-8H2,1H3,(H,12,15)(H,13,14). The molecule has 0 bridgehead atoms. The van der Waals surface area contributed by atoms with Crippen molar-refractivity contribution in [3.8, 4) is 0 Å². The van der Waals surface area contributed by atoms with Crippen LogP contribution in [0.25, 0.3) is 0 Å². The molecule has 1 atom stereocenters. The molecular formula is C11H20N2O3. The van der Waals surface area contributed by atoms with Gasteiger partial charge in [0.15, 0.2) is 0 Å². The fraction of sp³-hybridized carbons (Fsp3) is 0.818. The number of carbonyl (C=O) groups excluding carboxylic acids is 2. The molecule has 16 heavy (non-hydrogen) atoms. The van der Waals surface area contributed by atoms with Crippen molar-refractivity contribution >= 4 is 11.8 Å². The topological polar surface area (TPSA) is 67.4 Å². The van der Waals surface area contributed by atoms with E-state index < -0.39 is 0 Å². The van der Waals surface area contributed by atoms with Crippen LogP contribution in [-0.2, 0) is 14.3 Å². The summed E-state index contributed by atoms with van der Waals surface area (Å²) in [5.41, 5.74) is 0. The van der Waals surface area contributed by atoms with Crippen molar-refractivity contribution in [2.24, 2.45) is 0 Å². The number of hydrogen-bond acceptors (Lipinski definition) is 3. The SMILES string of the molecule is CCCC(=O)NCC(=O)NCC1CCCO1. The highest BCUT2D eigenvalue weighted by atomic mass is 16.5. The number of carbonyl (C=O) groups is 2. The third-order valence-corrected chi connectivity index (χ3v) is 2.47. The molecule has 1 rings (SSSR count). The normalized spacial score (nSPS) is 19.4. The van der Waals surface area contributed by atoms with Gasteiger partial charge in [-0.1, -0.05) is 6.92 Å². The van der Waals surface area contributed by atoms with Gasteiger partial charge in [0, 0.05) is 19.6 Å². The molecule has 0 aromatic carbocycles. The van der Waals surface area contributed by atoms with Crippen LogP contribution in [0.5, 0.6) is 0 Å². The summed E-state index contributed by atoms with van der Waals surface area (Å²) in [7, 11) is 0. The van der Waals surface area contributed by atoms with E-state index in [1.807, 2.05) is 6.92 Å². The molecule has 0 spiro atoms. The fourth-order valence-corrected chi connectivity index (χ4v) is 1.59. The van der Waals surface area contributed by atoms with Crippen LogP contribution in [0.4, 0.5) is 0 Å². The lowest BCUT2D eigenvalue weighted by molar-refractivity contribution is -0.126. The van der Waals surface area contributed by atoms with Crippen LogP contribution in [0.2, 0.25) is 0 Å². The first kappa shape index (κ1) is 13.0. The Morgan fingerprint density at radius 1 is 1.31 bits per heavy atom. The minimum Gasteiger partial charge on any atom is -0.376 e. The number of nitrogens with one attached hydrogen (secondary N) is 2. The van der Waals surface area contributed by atoms with Gasteiger partial charge in [0.2, 0.25) is 11.8 Å². The maximum atomic E-state index is 11.3. The fourth-order valence-electron chi connectivity index (χ4n) is 1.59. The molecule has 0 aromatic heterocycles. The predicted molar refractivity (Wildman–Crippen MR) is 59.9 cm³/mol. The van der Waals surface area contributed by atoms with Crippen molar-refractivity contribution in [2.75, 3.05) is 19.7 Å². The Morgan fingerprint density at radius 2 is 2.12 bits per heavy atom. The van der Waals surface area contributed by atoms with Crippen molar-refractivity contribution in [2.45, 2.75) is 38.7 Å². The first-order valence-corrected chi connectivity index (χ1v) is 5.87. The molecule has 1 heterocycles. The summed E-state index contributed by atoms with van der Waals surface area (Å²) in [6, 6.07) is 0. The average Bonchev–Trinajstić information content (AvgIpc) is 2.77. The third kappa shape index (κ3) is 5.11. The van der Waals surface area contributed by atoms with E-state index in [1.54, 1.807) is 0 Å². The Morgan fingerprint density at radius 3 is 2.75 bits per heavy atom. The van der Waals surface area contributed by atoms with Crippen molar-refractivity contribution in [1.82, 2.24) is 10.6 Å². The van der Waals surface area contributed by atoms with E-state index >= 15 is 0 Å². The van der Waals surface area contributed by atoms with E-state index in [0.29, 0.717) is 13.0 Å². The van der Waals surface area contributed by atoms with Crippen LogP contribution in [0.3, 0.4) is 0 Å². The number of amides is 2. The van der Waals surface area contributed by atoms with Crippen LogP contribution >= 0.6 is 0 Å². The van der Waals surface area contributed by atoms with Gasteiger partial charge in [-0.05, 0) is 19.3 Å². The molecule has 0 radical (unpaired) electrons. The van der Waals surface area contributed by atoms with Crippen molar-refractivity contribution in [3.05, 3.63) is 0 Å². The Kier molecular flexibility index (Phi) is 5.85. The summed E-state index contributed by atoms with van der Waals surface area (Å²) in [5.74, 6) is -0.227. The van der Waals surface area contributed by atoms with Crippen LogP contribution < -0.4 is 10.6 Å². The summed E-state index contributed by atoms with van der Waals surface area (Å²) < 4.78 is 5.37. The molecule has 92 valence electrons. The van der Waals surface area contributed by atoms with E-state index in [9.17, 15) is 9.59 Å². The molecule has 1 saturated heterocycles. The largest absolute Gasteiger partial charge is 0.376 e. The minimum atomic E-state index is -0.153. The second kappa shape index (κ2) is 7.22. The van der Waals surface area contributed by atoms with Gasteiger partial charge in [-0.3, -0.25) is 9.59 Å². The highest BCUT2D eigenvalue weighted by molar-refractivity contribution is 5.84. The molecule has 0 aromatic rings. The summed E-state index contributed by atoms with van der Waals surface area (Å²) in [6.07, 6.45) is 3.48. The highest BCUT2D eigenvalue weighted by Gasteiger charge is 2.16. The average molecular weight is 228 g/mol. The van der Waals surface area contributed by atoms with Gasteiger partial charge < -0.3 is 15.4 Å². The van der Waals surface area contributed by atoms with Gasteiger partial charge in [-0.15, -0.1) is 0 Å².